The van der Waals surface area contributed by atoms with Crippen molar-refractivity contribution in [2.24, 2.45) is 5.92 Å². The lowest BCUT2D eigenvalue weighted by Gasteiger charge is -2.14. The molecule has 0 fully saturated rings. The molecule has 1 atom stereocenters. The van der Waals surface area contributed by atoms with Gasteiger partial charge in [0.2, 0.25) is 5.91 Å². The average Bonchev–Trinajstić information content (AvgIpc) is 3.11. The van der Waals surface area contributed by atoms with Gasteiger partial charge in [-0.1, -0.05) is 30.7 Å². The van der Waals surface area contributed by atoms with Gasteiger partial charge in [-0.25, -0.2) is 4.98 Å². The highest BCUT2D eigenvalue weighted by atomic mass is 35.5. The monoisotopic (exact) mass is 373 g/mol. The predicted molar refractivity (Wildman–Crippen MR) is 103 cm³/mol. The van der Waals surface area contributed by atoms with Gasteiger partial charge in [0.1, 0.15) is 5.82 Å². The molecule has 7 heteroatoms. The molecule has 1 amide bonds. The first-order chi connectivity index (χ1) is 12.4. The Morgan fingerprint density at radius 2 is 2.04 bits per heavy atom. The van der Waals surface area contributed by atoms with Crippen molar-refractivity contribution in [3.05, 3.63) is 46.5 Å². The summed E-state index contributed by atoms with van der Waals surface area (Å²) >= 11 is 6.18. The van der Waals surface area contributed by atoms with Crippen molar-refractivity contribution >= 4 is 28.5 Å². The largest absolute Gasteiger partial charge is 0.349 e. The van der Waals surface area contributed by atoms with Crippen LogP contribution in [0.5, 0.6) is 0 Å². The molecule has 0 aliphatic carbocycles. The van der Waals surface area contributed by atoms with Gasteiger partial charge in [-0.2, -0.15) is 5.10 Å². The van der Waals surface area contributed by atoms with Crippen molar-refractivity contribution in [2.75, 3.05) is 0 Å². The van der Waals surface area contributed by atoms with Gasteiger partial charge >= 0.3 is 0 Å². The average molecular weight is 374 g/mol. The summed E-state index contributed by atoms with van der Waals surface area (Å²) in [6.45, 7) is 9.46. The molecule has 2 aromatic heterocycles. The first-order valence-corrected chi connectivity index (χ1v) is 9.21. The highest BCUT2D eigenvalue weighted by Gasteiger charge is 2.18. The highest BCUT2D eigenvalue weighted by molar-refractivity contribution is 6.31. The molecule has 3 aromatic rings. The van der Waals surface area contributed by atoms with Gasteiger partial charge in [-0.05, 0) is 32.9 Å². The maximum atomic E-state index is 12.5. The molecule has 0 bridgehead atoms. The molecule has 0 spiro atoms. The van der Waals surface area contributed by atoms with Crippen LogP contribution >= 0.6 is 11.6 Å². The molecular weight excluding hydrogens is 350 g/mol. The van der Waals surface area contributed by atoms with Crippen molar-refractivity contribution in [2.45, 2.75) is 47.3 Å². The molecule has 26 heavy (non-hydrogen) atoms. The van der Waals surface area contributed by atoms with Crippen molar-refractivity contribution < 1.29 is 4.79 Å². The van der Waals surface area contributed by atoms with Crippen molar-refractivity contribution in [3.63, 3.8) is 0 Å². The number of amides is 1. The number of carbonyl (C=O) groups is 1. The summed E-state index contributed by atoms with van der Waals surface area (Å²) in [5.74, 6) is 0.621. The molecule has 1 N–H and O–H groups in total. The van der Waals surface area contributed by atoms with Crippen LogP contribution in [-0.4, -0.2) is 25.2 Å². The molecule has 0 aliphatic rings. The van der Waals surface area contributed by atoms with Crippen molar-refractivity contribution in [3.8, 4) is 0 Å². The molecule has 1 unspecified atom stereocenters. The number of imidazole rings is 1. The number of aryl methyl sites for hydroxylation is 2. The van der Waals surface area contributed by atoms with Crippen LogP contribution in [0.1, 0.15) is 31.1 Å². The molecule has 0 radical (unpaired) electrons. The van der Waals surface area contributed by atoms with Gasteiger partial charge in [0.25, 0.3) is 0 Å². The second kappa shape index (κ2) is 7.50. The molecule has 3 rings (SSSR count). The number of halogens is 1. The summed E-state index contributed by atoms with van der Waals surface area (Å²) in [6, 6.07) is 8.01. The Morgan fingerprint density at radius 1 is 1.31 bits per heavy atom. The Kier molecular flexibility index (Phi) is 5.32. The van der Waals surface area contributed by atoms with E-state index >= 15 is 0 Å². The van der Waals surface area contributed by atoms with E-state index in [9.17, 15) is 4.79 Å². The number of nitrogens with zero attached hydrogens (tertiary/aromatic N) is 4. The fraction of sp³-hybridized carbons (Fsp3) is 0.421. The molecule has 0 saturated heterocycles. The zero-order valence-electron chi connectivity index (χ0n) is 15.6. The van der Waals surface area contributed by atoms with Crippen LogP contribution in [0.15, 0.2) is 24.3 Å². The first kappa shape index (κ1) is 18.5. The highest BCUT2D eigenvalue weighted by Crippen LogP contribution is 2.20. The minimum atomic E-state index is -0.219. The SMILES string of the molecule is CCn1c(CNC(=O)C(C)Cn2nc(C)c(Cl)c2C)nc2ccccc21. The number of benzene rings is 1. The third-order valence-corrected chi connectivity index (χ3v) is 5.21. The number of para-hydroxylation sites is 2. The number of carbonyl (C=O) groups excluding carboxylic acids is 1. The number of rotatable bonds is 6. The van der Waals surface area contributed by atoms with E-state index in [0.29, 0.717) is 18.1 Å². The summed E-state index contributed by atoms with van der Waals surface area (Å²) in [5, 5.41) is 8.06. The molecule has 0 saturated carbocycles. The fourth-order valence-corrected chi connectivity index (χ4v) is 3.28. The van der Waals surface area contributed by atoms with Crippen LogP contribution in [0, 0.1) is 19.8 Å². The quantitative estimate of drug-likeness (QED) is 0.719. The zero-order valence-corrected chi connectivity index (χ0v) is 16.3. The summed E-state index contributed by atoms with van der Waals surface area (Å²) in [5.41, 5.74) is 3.71. The van der Waals surface area contributed by atoms with Crippen LogP contribution < -0.4 is 5.32 Å². The van der Waals surface area contributed by atoms with Crippen LogP contribution in [0.25, 0.3) is 11.0 Å². The maximum absolute atomic E-state index is 12.5. The Hall–Kier alpha value is -2.34. The number of hydrogen-bond acceptors (Lipinski definition) is 3. The smallest absolute Gasteiger partial charge is 0.225 e. The standard InChI is InChI=1S/C19H24ClN5O/c1-5-24-16-9-7-6-8-15(16)22-17(24)10-21-19(26)12(2)11-25-14(4)18(20)13(3)23-25/h6-9,12H,5,10-11H2,1-4H3,(H,21,26). The van der Waals surface area contributed by atoms with Gasteiger partial charge in [-0.3, -0.25) is 9.48 Å². The van der Waals surface area contributed by atoms with E-state index in [2.05, 4.69) is 26.9 Å². The van der Waals surface area contributed by atoms with Gasteiger partial charge in [0, 0.05) is 6.54 Å². The third kappa shape index (κ3) is 3.46. The van der Waals surface area contributed by atoms with Crippen molar-refractivity contribution in [1.29, 1.82) is 0 Å². The van der Waals surface area contributed by atoms with E-state index in [4.69, 9.17) is 11.6 Å². The van der Waals surface area contributed by atoms with Crippen molar-refractivity contribution in [1.82, 2.24) is 24.6 Å². The van der Waals surface area contributed by atoms with Gasteiger partial charge < -0.3 is 9.88 Å². The third-order valence-electron chi connectivity index (χ3n) is 4.66. The molecule has 1 aromatic carbocycles. The van der Waals surface area contributed by atoms with E-state index in [1.165, 1.54) is 0 Å². The molecule has 0 aliphatic heterocycles. The molecule has 6 nitrogen and oxygen atoms in total. The van der Waals surface area contributed by atoms with E-state index in [-0.39, 0.29) is 11.8 Å². The fourth-order valence-electron chi connectivity index (χ4n) is 3.15. The normalized spacial score (nSPS) is 12.5. The molecular formula is C19H24ClN5O. The lowest BCUT2D eigenvalue weighted by molar-refractivity contribution is -0.125. The summed E-state index contributed by atoms with van der Waals surface area (Å²) < 4.78 is 3.92. The second-order valence-corrected chi connectivity index (χ2v) is 6.92. The molecule has 2 heterocycles. The first-order valence-electron chi connectivity index (χ1n) is 8.83. The van der Waals surface area contributed by atoms with E-state index in [1.807, 2.05) is 45.0 Å². The van der Waals surface area contributed by atoms with Crippen LogP contribution in [0.4, 0.5) is 0 Å². The lowest BCUT2D eigenvalue weighted by atomic mass is 10.1. The van der Waals surface area contributed by atoms with Gasteiger partial charge in [0.05, 0.1) is 46.5 Å². The van der Waals surface area contributed by atoms with Gasteiger partial charge in [-0.15, -0.1) is 0 Å². The minimum absolute atomic E-state index is 0.0246. The Labute approximate surface area is 158 Å². The Morgan fingerprint density at radius 3 is 2.69 bits per heavy atom. The minimum Gasteiger partial charge on any atom is -0.349 e. The van der Waals surface area contributed by atoms with E-state index < -0.39 is 0 Å². The summed E-state index contributed by atoms with van der Waals surface area (Å²) in [6.07, 6.45) is 0. The van der Waals surface area contributed by atoms with Crippen LogP contribution in [-0.2, 0) is 24.4 Å². The molecule has 138 valence electrons. The number of aromatic nitrogens is 4. The second-order valence-electron chi connectivity index (χ2n) is 6.55. The lowest BCUT2D eigenvalue weighted by Crippen LogP contribution is -2.32. The zero-order chi connectivity index (χ0) is 18.8. The predicted octanol–water partition coefficient (Wildman–Crippen LogP) is 3.48. The van der Waals surface area contributed by atoms with Crippen LogP contribution in [0.3, 0.4) is 0 Å². The Bertz CT molecular complexity index is 943. The van der Waals surface area contributed by atoms with Gasteiger partial charge in [0.15, 0.2) is 0 Å². The number of nitrogens with one attached hydrogen (secondary N) is 1. The summed E-state index contributed by atoms with van der Waals surface area (Å²) in [4.78, 5) is 17.2. The van der Waals surface area contributed by atoms with E-state index in [0.717, 1.165) is 34.8 Å². The maximum Gasteiger partial charge on any atom is 0.225 e. The number of hydrogen-bond donors (Lipinski definition) is 1. The number of fused-ring (bicyclic) bond motifs is 1. The topological polar surface area (TPSA) is 64.7 Å². The van der Waals surface area contributed by atoms with Crippen LogP contribution in [0.2, 0.25) is 5.02 Å². The Balaban J connectivity index is 1.67. The summed E-state index contributed by atoms with van der Waals surface area (Å²) in [7, 11) is 0. The van der Waals surface area contributed by atoms with E-state index in [1.54, 1.807) is 4.68 Å².